The first-order chi connectivity index (χ1) is 13.7. The van der Waals surface area contributed by atoms with Crippen LogP contribution in [0.15, 0.2) is 72.2 Å². The summed E-state index contributed by atoms with van der Waals surface area (Å²) in [6, 6.07) is 19.7. The van der Waals surface area contributed by atoms with Gasteiger partial charge in [-0.2, -0.15) is 0 Å². The van der Waals surface area contributed by atoms with Gasteiger partial charge in [-0.05, 0) is 42.5 Å². The second-order valence-corrected chi connectivity index (χ2v) is 8.41. The Hall–Kier alpha value is -2.80. The molecule has 0 unspecified atom stereocenters. The summed E-state index contributed by atoms with van der Waals surface area (Å²) in [5.41, 5.74) is 4.78. The zero-order valence-corrected chi connectivity index (χ0v) is 16.9. The van der Waals surface area contributed by atoms with Crippen molar-refractivity contribution in [2.45, 2.75) is 0 Å². The van der Waals surface area contributed by atoms with Crippen LogP contribution >= 0.6 is 34.3 Å². The molecule has 4 nitrogen and oxygen atoms in total. The third-order valence-corrected chi connectivity index (χ3v) is 6.18. The number of nitrogens with zero attached hydrogens (tertiary/aromatic N) is 3. The van der Waals surface area contributed by atoms with Gasteiger partial charge in [0.15, 0.2) is 5.13 Å². The number of rotatable bonds is 4. The summed E-state index contributed by atoms with van der Waals surface area (Å²) in [5, 5.41) is 7.92. The second-order valence-electron chi connectivity index (χ2n) is 6.09. The first-order valence-corrected chi connectivity index (χ1v) is 10.6. The van der Waals surface area contributed by atoms with Gasteiger partial charge in [0, 0.05) is 27.9 Å². The molecule has 2 aromatic carbocycles. The number of hydrogen-bond acceptors (Lipinski definition) is 6. The largest absolute Gasteiger partial charge is 0.332 e. The van der Waals surface area contributed by atoms with Crippen molar-refractivity contribution in [1.29, 1.82) is 0 Å². The van der Waals surface area contributed by atoms with E-state index in [9.17, 15) is 0 Å². The lowest BCUT2D eigenvalue weighted by molar-refractivity contribution is 1.29. The maximum Gasteiger partial charge on any atom is 0.188 e. The van der Waals surface area contributed by atoms with Gasteiger partial charge in [-0.1, -0.05) is 41.1 Å². The lowest BCUT2D eigenvalue weighted by atomic mass is 10.1. The smallest absolute Gasteiger partial charge is 0.188 e. The summed E-state index contributed by atoms with van der Waals surface area (Å²) in [5.74, 6) is 0. The maximum atomic E-state index is 6.07. The monoisotopic (exact) mass is 420 g/mol. The molecule has 0 aliphatic carbocycles. The van der Waals surface area contributed by atoms with Crippen LogP contribution in [0.3, 0.4) is 0 Å². The Bertz CT molecular complexity index is 1260. The van der Waals surface area contributed by atoms with Crippen LogP contribution in [-0.2, 0) is 0 Å². The van der Waals surface area contributed by atoms with E-state index < -0.39 is 0 Å². The molecule has 0 spiro atoms. The third kappa shape index (κ3) is 3.49. The van der Waals surface area contributed by atoms with Crippen molar-refractivity contribution in [2.24, 2.45) is 0 Å². The number of thiazole rings is 2. The Morgan fingerprint density at radius 2 is 1.86 bits per heavy atom. The van der Waals surface area contributed by atoms with E-state index in [-0.39, 0.29) is 0 Å². The summed E-state index contributed by atoms with van der Waals surface area (Å²) in [4.78, 5) is 13.7. The van der Waals surface area contributed by atoms with Crippen LogP contribution in [0.5, 0.6) is 0 Å². The van der Waals surface area contributed by atoms with E-state index >= 15 is 0 Å². The lowest BCUT2D eigenvalue weighted by Gasteiger charge is -2.04. The molecule has 5 rings (SSSR count). The molecule has 0 amide bonds. The molecular formula is C21H13ClN4S2. The Kier molecular flexibility index (Phi) is 4.52. The van der Waals surface area contributed by atoms with Gasteiger partial charge in [0.05, 0.1) is 21.6 Å². The van der Waals surface area contributed by atoms with Gasteiger partial charge < -0.3 is 5.32 Å². The van der Waals surface area contributed by atoms with Gasteiger partial charge in [0.2, 0.25) is 0 Å². The van der Waals surface area contributed by atoms with Crippen molar-refractivity contribution < 1.29 is 0 Å². The summed E-state index contributed by atoms with van der Waals surface area (Å²) in [6.45, 7) is 0. The molecule has 3 heterocycles. The molecule has 0 radical (unpaired) electrons. The maximum absolute atomic E-state index is 6.07. The van der Waals surface area contributed by atoms with E-state index in [2.05, 4.69) is 32.8 Å². The van der Waals surface area contributed by atoms with Crippen LogP contribution in [0, 0.1) is 0 Å². The molecule has 0 bridgehead atoms. The molecule has 1 N–H and O–H groups in total. The summed E-state index contributed by atoms with van der Waals surface area (Å²) >= 11 is 9.25. The highest BCUT2D eigenvalue weighted by molar-refractivity contribution is 7.22. The van der Waals surface area contributed by atoms with Crippen LogP contribution in [0.25, 0.3) is 32.2 Å². The van der Waals surface area contributed by atoms with E-state index in [0.29, 0.717) is 0 Å². The van der Waals surface area contributed by atoms with Crippen molar-refractivity contribution in [3.8, 4) is 22.0 Å². The molecule has 0 saturated carbocycles. The average Bonchev–Trinajstić information content (AvgIpc) is 3.35. The number of pyridine rings is 1. The predicted molar refractivity (Wildman–Crippen MR) is 119 cm³/mol. The van der Waals surface area contributed by atoms with Crippen molar-refractivity contribution in [3.63, 3.8) is 0 Å². The first-order valence-electron chi connectivity index (χ1n) is 8.55. The number of halogens is 1. The molecule has 0 aliphatic heterocycles. The van der Waals surface area contributed by atoms with Crippen LogP contribution in [-0.4, -0.2) is 15.0 Å². The van der Waals surface area contributed by atoms with Gasteiger partial charge in [-0.15, -0.1) is 11.3 Å². The lowest BCUT2D eigenvalue weighted by Crippen LogP contribution is -1.90. The standard InChI is InChI=1S/C21H13ClN4S2/c22-14-7-8-16-19(11-14)28-21(26-16)24-15-5-3-4-13(10-15)18-12-27-20(25-18)17-6-1-2-9-23-17/h1-12H,(H,24,26). The number of aromatic nitrogens is 3. The SMILES string of the molecule is Clc1ccc2nc(Nc3cccc(-c4csc(-c5ccccn5)n4)c3)sc2c1. The van der Waals surface area contributed by atoms with E-state index in [0.717, 1.165) is 48.0 Å². The van der Waals surface area contributed by atoms with E-state index in [1.807, 2.05) is 48.5 Å². The molecule has 0 fully saturated rings. The Morgan fingerprint density at radius 3 is 2.75 bits per heavy atom. The molecule has 28 heavy (non-hydrogen) atoms. The first kappa shape index (κ1) is 17.3. The molecule has 5 aromatic rings. The Balaban J connectivity index is 1.42. The third-order valence-electron chi connectivity index (χ3n) is 4.15. The number of nitrogens with one attached hydrogen (secondary N) is 1. The molecule has 0 aliphatic rings. The fourth-order valence-corrected chi connectivity index (χ4v) is 4.81. The molecule has 0 saturated heterocycles. The number of fused-ring (bicyclic) bond motifs is 1. The number of benzene rings is 2. The zero-order chi connectivity index (χ0) is 18.9. The van der Waals surface area contributed by atoms with E-state index in [4.69, 9.17) is 16.6 Å². The van der Waals surface area contributed by atoms with Gasteiger partial charge in [0.1, 0.15) is 5.01 Å². The van der Waals surface area contributed by atoms with Crippen LogP contribution in [0.1, 0.15) is 0 Å². The van der Waals surface area contributed by atoms with E-state index in [1.54, 1.807) is 28.9 Å². The molecule has 0 atom stereocenters. The normalized spacial score (nSPS) is 11.0. The van der Waals surface area contributed by atoms with Crippen molar-refractivity contribution in [1.82, 2.24) is 15.0 Å². The van der Waals surface area contributed by atoms with Gasteiger partial charge in [0.25, 0.3) is 0 Å². The summed E-state index contributed by atoms with van der Waals surface area (Å²) in [7, 11) is 0. The summed E-state index contributed by atoms with van der Waals surface area (Å²) < 4.78 is 1.06. The van der Waals surface area contributed by atoms with Gasteiger partial charge >= 0.3 is 0 Å². The van der Waals surface area contributed by atoms with Crippen molar-refractivity contribution in [3.05, 3.63) is 77.3 Å². The van der Waals surface area contributed by atoms with Gasteiger partial charge in [-0.3, -0.25) is 4.98 Å². The Morgan fingerprint density at radius 1 is 0.893 bits per heavy atom. The number of hydrogen-bond donors (Lipinski definition) is 1. The highest BCUT2D eigenvalue weighted by Gasteiger charge is 2.09. The van der Waals surface area contributed by atoms with Crippen LogP contribution in [0.2, 0.25) is 5.02 Å². The molecule has 3 aromatic heterocycles. The van der Waals surface area contributed by atoms with Crippen LogP contribution in [0.4, 0.5) is 10.8 Å². The highest BCUT2D eigenvalue weighted by atomic mass is 35.5. The van der Waals surface area contributed by atoms with Gasteiger partial charge in [-0.25, -0.2) is 9.97 Å². The Labute approximate surface area is 174 Å². The van der Waals surface area contributed by atoms with Crippen molar-refractivity contribution >= 4 is 55.3 Å². The molecular weight excluding hydrogens is 408 g/mol. The average molecular weight is 421 g/mol. The van der Waals surface area contributed by atoms with E-state index in [1.165, 1.54) is 0 Å². The quantitative estimate of drug-likeness (QED) is 0.344. The highest BCUT2D eigenvalue weighted by Crippen LogP contribution is 2.32. The minimum absolute atomic E-state index is 0.719. The molecule has 7 heteroatoms. The van der Waals surface area contributed by atoms with Crippen molar-refractivity contribution in [2.75, 3.05) is 5.32 Å². The second kappa shape index (κ2) is 7.31. The summed E-state index contributed by atoms with van der Waals surface area (Å²) in [6.07, 6.45) is 1.78. The number of anilines is 2. The fraction of sp³-hybridized carbons (Fsp3) is 0. The molecule has 136 valence electrons. The minimum Gasteiger partial charge on any atom is -0.332 e. The zero-order valence-electron chi connectivity index (χ0n) is 14.5. The van der Waals surface area contributed by atoms with Crippen LogP contribution < -0.4 is 5.32 Å². The topological polar surface area (TPSA) is 50.7 Å². The minimum atomic E-state index is 0.719. The predicted octanol–water partition coefficient (Wildman–Crippen LogP) is 6.88. The fourth-order valence-electron chi connectivity index (χ4n) is 2.84.